The second-order valence-corrected chi connectivity index (χ2v) is 6.17. The molecule has 1 unspecified atom stereocenters. The van der Waals surface area contributed by atoms with E-state index in [0.29, 0.717) is 18.2 Å². The number of nitrogens with one attached hydrogen (secondary N) is 2. The van der Waals surface area contributed by atoms with Crippen molar-refractivity contribution in [2.45, 2.75) is 45.1 Å². The number of aliphatic hydroxyl groups is 1. The molecule has 1 aliphatic carbocycles. The number of hydrogen-bond acceptors (Lipinski definition) is 3. The van der Waals surface area contributed by atoms with Gasteiger partial charge in [0.15, 0.2) is 0 Å². The Morgan fingerprint density at radius 2 is 2.05 bits per heavy atom. The average molecular weight is 306 g/mol. The fourth-order valence-corrected chi connectivity index (χ4v) is 2.25. The molecule has 0 radical (unpaired) electrons. The Kier molecular flexibility index (Phi) is 5.66. The van der Waals surface area contributed by atoms with Crippen LogP contribution in [0.5, 0.6) is 5.75 Å². The number of rotatable bonds is 8. The van der Waals surface area contributed by atoms with E-state index in [1.807, 2.05) is 12.1 Å². The molecule has 1 aromatic rings. The maximum absolute atomic E-state index is 11.8. The Labute approximate surface area is 132 Å². The van der Waals surface area contributed by atoms with Gasteiger partial charge in [-0.25, -0.2) is 4.79 Å². The number of ether oxygens (including phenoxy) is 1. The minimum Gasteiger partial charge on any atom is -0.494 e. The quantitative estimate of drug-likeness (QED) is 0.646. The van der Waals surface area contributed by atoms with Crippen molar-refractivity contribution in [1.29, 1.82) is 0 Å². The molecule has 5 heteroatoms. The van der Waals surface area contributed by atoms with E-state index in [1.165, 1.54) is 0 Å². The van der Waals surface area contributed by atoms with Crippen LogP contribution < -0.4 is 15.4 Å². The van der Waals surface area contributed by atoms with Gasteiger partial charge in [0.05, 0.1) is 12.2 Å². The third-order valence-electron chi connectivity index (χ3n) is 3.94. The van der Waals surface area contributed by atoms with E-state index >= 15 is 0 Å². The summed E-state index contributed by atoms with van der Waals surface area (Å²) in [5, 5.41) is 15.6. The van der Waals surface area contributed by atoms with Crippen LogP contribution in [0.1, 0.15) is 39.5 Å². The minimum atomic E-state index is -0.811. The first-order valence-electron chi connectivity index (χ1n) is 8.01. The molecule has 2 amide bonds. The van der Waals surface area contributed by atoms with Crippen molar-refractivity contribution in [3.63, 3.8) is 0 Å². The highest BCUT2D eigenvalue weighted by Gasteiger charge is 2.39. The molecule has 0 bridgehead atoms. The molecule has 0 heterocycles. The van der Waals surface area contributed by atoms with Gasteiger partial charge in [-0.1, -0.05) is 13.3 Å². The first-order chi connectivity index (χ1) is 10.5. The maximum Gasteiger partial charge on any atom is 0.319 e. The fourth-order valence-electron chi connectivity index (χ4n) is 2.25. The lowest BCUT2D eigenvalue weighted by Gasteiger charge is -2.23. The second kappa shape index (κ2) is 7.49. The van der Waals surface area contributed by atoms with Gasteiger partial charge in [0, 0.05) is 12.2 Å². The number of amides is 2. The molecule has 1 fully saturated rings. The molecule has 1 saturated carbocycles. The van der Waals surface area contributed by atoms with Gasteiger partial charge in [-0.3, -0.25) is 0 Å². The number of carbonyl (C=O) groups is 1. The van der Waals surface area contributed by atoms with Gasteiger partial charge >= 0.3 is 6.03 Å². The Balaban J connectivity index is 1.74. The molecular formula is C17H26N2O3. The lowest BCUT2D eigenvalue weighted by atomic mass is 10.0. The number of urea groups is 1. The first-order valence-corrected chi connectivity index (χ1v) is 8.01. The Hall–Kier alpha value is -1.75. The van der Waals surface area contributed by atoms with Crippen molar-refractivity contribution in [2.75, 3.05) is 18.5 Å². The zero-order valence-corrected chi connectivity index (χ0v) is 13.4. The topological polar surface area (TPSA) is 70.6 Å². The van der Waals surface area contributed by atoms with Crippen molar-refractivity contribution < 1.29 is 14.6 Å². The number of hydrogen-bond donors (Lipinski definition) is 3. The zero-order valence-electron chi connectivity index (χ0n) is 13.4. The van der Waals surface area contributed by atoms with Crippen molar-refractivity contribution in [1.82, 2.24) is 5.32 Å². The van der Waals surface area contributed by atoms with Gasteiger partial charge in [-0.15, -0.1) is 0 Å². The molecule has 5 nitrogen and oxygen atoms in total. The van der Waals surface area contributed by atoms with E-state index in [2.05, 4.69) is 17.6 Å². The maximum atomic E-state index is 11.8. The zero-order chi connectivity index (χ0) is 16.0. The molecule has 0 aliphatic heterocycles. The standard InChI is InChI=1S/C17H26N2O3/c1-3-4-11-22-15-9-7-14(8-10-15)19-16(20)18-12-17(2,21)13-5-6-13/h7-10,13,21H,3-6,11-12H2,1-2H3,(H2,18,19,20). The summed E-state index contributed by atoms with van der Waals surface area (Å²) in [6.07, 6.45) is 4.21. The number of carbonyl (C=O) groups excluding carboxylic acids is 1. The van der Waals surface area contributed by atoms with Gasteiger partial charge in [-0.05, 0) is 56.4 Å². The summed E-state index contributed by atoms with van der Waals surface area (Å²) >= 11 is 0. The van der Waals surface area contributed by atoms with Gasteiger partial charge in [0.2, 0.25) is 0 Å². The van der Waals surface area contributed by atoms with E-state index in [0.717, 1.165) is 31.4 Å². The summed E-state index contributed by atoms with van der Waals surface area (Å²) in [5.74, 6) is 1.11. The van der Waals surface area contributed by atoms with Gasteiger partial charge in [-0.2, -0.15) is 0 Å². The van der Waals surface area contributed by atoms with Crippen molar-refractivity contribution in [2.24, 2.45) is 5.92 Å². The van der Waals surface area contributed by atoms with Crippen molar-refractivity contribution in [3.8, 4) is 5.75 Å². The van der Waals surface area contributed by atoms with Gasteiger partial charge < -0.3 is 20.5 Å². The van der Waals surface area contributed by atoms with Gasteiger partial charge in [0.1, 0.15) is 5.75 Å². The average Bonchev–Trinajstić information content (AvgIpc) is 3.33. The van der Waals surface area contributed by atoms with E-state index in [4.69, 9.17) is 4.74 Å². The molecule has 22 heavy (non-hydrogen) atoms. The number of unbranched alkanes of at least 4 members (excludes halogenated alkanes) is 1. The minimum absolute atomic E-state index is 0.266. The predicted octanol–water partition coefficient (Wildman–Crippen LogP) is 3.15. The summed E-state index contributed by atoms with van der Waals surface area (Å²) < 4.78 is 5.57. The summed E-state index contributed by atoms with van der Waals surface area (Å²) in [4.78, 5) is 11.8. The summed E-state index contributed by atoms with van der Waals surface area (Å²) in [7, 11) is 0. The Morgan fingerprint density at radius 3 is 2.64 bits per heavy atom. The lowest BCUT2D eigenvalue weighted by molar-refractivity contribution is 0.0398. The van der Waals surface area contributed by atoms with Crippen LogP contribution in [0.4, 0.5) is 10.5 Å². The molecule has 0 saturated heterocycles. The second-order valence-electron chi connectivity index (χ2n) is 6.17. The molecular weight excluding hydrogens is 280 g/mol. The van der Waals surface area contributed by atoms with Crippen molar-refractivity contribution >= 4 is 11.7 Å². The molecule has 122 valence electrons. The van der Waals surface area contributed by atoms with E-state index in [-0.39, 0.29) is 12.6 Å². The van der Waals surface area contributed by atoms with Crippen LogP contribution in [0.25, 0.3) is 0 Å². The first kappa shape index (κ1) is 16.6. The predicted molar refractivity (Wildman–Crippen MR) is 87.2 cm³/mol. The molecule has 1 aliphatic rings. The molecule has 0 aromatic heterocycles. The monoisotopic (exact) mass is 306 g/mol. The lowest BCUT2D eigenvalue weighted by Crippen LogP contribution is -2.43. The molecule has 1 aromatic carbocycles. The molecule has 1 atom stereocenters. The summed E-state index contributed by atoms with van der Waals surface area (Å²) in [6.45, 7) is 4.87. The Morgan fingerprint density at radius 1 is 1.36 bits per heavy atom. The third kappa shape index (κ3) is 5.22. The normalized spacial score (nSPS) is 16.7. The van der Waals surface area contributed by atoms with E-state index in [1.54, 1.807) is 19.1 Å². The molecule has 0 spiro atoms. The Bertz CT molecular complexity index is 481. The molecule has 2 rings (SSSR count). The third-order valence-corrected chi connectivity index (χ3v) is 3.94. The van der Waals surface area contributed by atoms with Crippen LogP contribution in [0, 0.1) is 5.92 Å². The fraction of sp³-hybridized carbons (Fsp3) is 0.588. The van der Waals surface area contributed by atoms with E-state index in [9.17, 15) is 9.90 Å². The SMILES string of the molecule is CCCCOc1ccc(NC(=O)NCC(C)(O)C2CC2)cc1. The van der Waals surface area contributed by atoms with Crippen LogP contribution in [-0.2, 0) is 0 Å². The summed E-state index contributed by atoms with van der Waals surface area (Å²) in [6, 6.07) is 6.98. The van der Waals surface area contributed by atoms with Crippen LogP contribution in [0.2, 0.25) is 0 Å². The smallest absolute Gasteiger partial charge is 0.319 e. The van der Waals surface area contributed by atoms with Crippen LogP contribution in [0.3, 0.4) is 0 Å². The molecule has 3 N–H and O–H groups in total. The van der Waals surface area contributed by atoms with Crippen molar-refractivity contribution in [3.05, 3.63) is 24.3 Å². The van der Waals surface area contributed by atoms with Crippen LogP contribution in [0.15, 0.2) is 24.3 Å². The highest BCUT2D eigenvalue weighted by Crippen LogP contribution is 2.38. The highest BCUT2D eigenvalue weighted by molar-refractivity contribution is 5.89. The van der Waals surface area contributed by atoms with Crippen LogP contribution >= 0.6 is 0 Å². The van der Waals surface area contributed by atoms with Crippen LogP contribution in [-0.4, -0.2) is 29.9 Å². The number of anilines is 1. The largest absolute Gasteiger partial charge is 0.494 e. The number of benzene rings is 1. The highest BCUT2D eigenvalue weighted by atomic mass is 16.5. The summed E-state index contributed by atoms with van der Waals surface area (Å²) in [5.41, 5.74) is -0.111. The van der Waals surface area contributed by atoms with Gasteiger partial charge in [0.25, 0.3) is 0 Å². The van der Waals surface area contributed by atoms with E-state index < -0.39 is 5.60 Å².